The van der Waals surface area contributed by atoms with Crippen LogP contribution in [0.25, 0.3) is 0 Å². The molecule has 1 atom stereocenters. The van der Waals surface area contributed by atoms with E-state index < -0.39 is 34.3 Å². The van der Waals surface area contributed by atoms with Crippen LogP contribution in [0, 0.1) is 11.7 Å². The molecule has 0 heterocycles. The second-order valence-corrected chi connectivity index (χ2v) is 11.3. The summed E-state index contributed by atoms with van der Waals surface area (Å²) in [5.74, 6) is -1.36. The number of sulfonamides is 1. The predicted octanol–water partition coefficient (Wildman–Crippen LogP) is 4.48. The number of rotatable bonds is 11. The zero-order chi connectivity index (χ0) is 26.3. The van der Waals surface area contributed by atoms with Crippen molar-refractivity contribution in [2.75, 3.05) is 23.7 Å². The minimum absolute atomic E-state index is 0.105. The molecule has 2 aromatic carbocycles. The van der Waals surface area contributed by atoms with Crippen LogP contribution in [0.1, 0.15) is 32.8 Å². The number of nitrogens with one attached hydrogen (secondary N) is 1. The van der Waals surface area contributed by atoms with E-state index in [1.807, 2.05) is 13.8 Å². The molecular weight excluding hydrogens is 516 g/mol. The molecule has 2 amide bonds. The summed E-state index contributed by atoms with van der Waals surface area (Å²) in [5.41, 5.74) is 0.558. The zero-order valence-corrected chi connectivity index (χ0v) is 22.4. The summed E-state index contributed by atoms with van der Waals surface area (Å²) < 4.78 is 39.3. The summed E-state index contributed by atoms with van der Waals surface area (Å²) in [7, 11) is -3.91. The number of carbonyl (C=O) groups excluding carboxylic acids is 2. The SMILES string of the molecule is CC[C@H](C(=O)NCC(C)C)N(Cc1c(Cl)cccc1Cl)C(=O)CN(c1ccc(F)cc1)S(C)(=O)=O. The molecule has 0 saturated heterocycles. The molecule has 0 saturated carbocycles. The Labute approximate surface area is 216 Å². The van der Waals surface area contributed by atoms with Crippen molar-refractivity contribution in [1.29, 1.82) is 0 Å². The Morgan fingerprint density at radius 2 is 1.63 bits per heavy atom. The number of anilines is 1. The standard InChI is InChI=1S/C24H30Cl2FN3O4S/c1-5-22(24(32)28-13-16(2)3)29(14-19-20(25)7-6-8-21(19)26)23(31)15-30(35(4,33)34)18-11-9-17(27)10-12-18/h6-12,16,22H,5,13-15H2,1-4H3,(H,28,32)/t22-/m1/s1. The van der Waals surface area contributed by atoms with Crippen molar-refractivity contribution in [2.24, 2.45) is 5.92 Å². The van der Waals surface area contributed by atoms with Gasteiger partial charge in [0.05, 0.1) is 11.9 Å². The molecule has 0 aromatic heterocycles. The lowest BCUT2D eigenvalue weighted by Crippen LogP contribution is -2.52. The van der Waals surface area contributed by atoms with Gasteiger partial charge in [0.2, 0.25) is 21.8 Å². The van der Waals surface area contributed by atoms with Crippen LogP contribution in [0.2, 0.25) is 10.0 Å². The van der Waals surface area contributed by atoms with Crippen molar-refractivity contribution < 1.29 is 22.4 Å². The van der Waals surface area contributed by atoms with Gasteiger partial charge < -0.3 is 10.2 Å². The Morgan fingerprint density at radius 1 is 1.06 bits per heavy atom. The van der Waals surface area contributed by atoms with Crippen LogP contribution in [-0.4, -0.2) is 50.5 Å². The first-order valence-electron chi connectivity index (χ1n) is 11.1. The summed E-state index contributed by atoms with van der Waals surface area (Å²) in [6, 6.07) is 8.74. The van der Waals surface area contributed by atoms with Crippen LogP contribution in [-0.2, 0) is 26.2 Å². The van der Waals surface area contributed by atoms with Crippen molar-refractivity contribution in [3.63, 3.8) is 0 Å². The number of benzene rings is 2. The third kappa shape index (κ3) is 8.08. The second kappa shape index (κ2) is 12.6. The number of hydrogen-bond acceptors (Lipinski definition) is 4. The maximum Gasteiger partial charge on any atom is 0.244 e. The molecule has 0 aliphatic heterocycles. The molecule has 0 bridgehead atoms. The summed E-state index contributed by atoms with van der Waals surface area (Å²) in [6.07, 6.45) is 1.22. The summed E-state index contributed by atoms with van der Waals surface area (Å²) in [4.78, 5) is 27.9. The summed E-state index contributed by atoms with van der Waals surface area (Å²) >= 11 is 12.7. The van der Waals surface area contributed by atoms with E-state index in [0.29, 0.717) is 22.2 Å². The van der Waals surface area contributed by atoms with Crippen molar-refractivity contribution >= 4 is 50.7 Å². The Bertz CT molecular complexity index is 1120. The minimum atomic E-state index is -3.91. The lowest BCUT2D eigenvalue weighted by Gasteiger charge is -2.33. The molecule has 0 radical (unpaired) electrons. The van der Waals surface area contributed by atoms with Gasteiger partial charge in [0.15, 0.2) is 0 Å². The van der Waals surface area contributed by atoms with E-state index in [1.54, 1.807) is 25.1 Å². The third-order valence-electron chi connectivity index (χ3n) is 5.25. The van der Waals surface area contributed by atoms with Crippen molar-refractivity contribution in [2.45, 2.75) is 39.8 Å². The van der Waals surface area contributed by atoms with E-state index in [1.165, 1.54) is 17.0 Å². The summed E-state index contributed by atoms with van der Waals surface area (Å²) in [6.45, 7) is 5.35. The van der Waals surface area contributed by atoms with Crippen molar-refractivity contribution in [1.82, 2.24) is 10.2 Å². The van der Waals surface area contributed by atoms with Crippen molar-refractivity contribution in [3.8, 4) is 0 Å². The van der Waals surface area contributed by atoms with Crippen LogP contribution >= 0.6 is 23.2 Å². The molecule has 192 valence electrons. The van der Waals surface area contributed by atoms with Crippen LogP contribution in [0.4, 0.5) is 10.1 Å². The Morgan fingerprint density at radius 3 is 2.11 bits per heavy atom. The fourth-order valence-corrected chi connectivity index (χ4v) is 4.78. The largest absolute Gasteiger partial charge is 0.354 e. The topological polar surface area (TPSA) is 86.8 Å². The number of halogens is 3. The van der Waals surface area contributed by atoms with Gasteiger partial charge in [0.1, 0.15) is 18.4 Å². The average Bonchev–Trinajstić information content (AvgIpc) is 2.77. The maximum atomic E-state index is 13.6. The van der Waals surface area contributed by atoms with Gasteiger partial charge in [0, 0.05) is 28.7 Å². The van der Waals surface area contributed by atoms with Gasteiger partial charge in [-0.2, -0.15) is 0 Å². The Balaban J connectivity index is 2.47. The monoisotopic (exact) mass is 545 g/mol. The highest BCUT2D eigenvalue weighted by Crippen LogP contribution is 2.27. The van der Waals surface area contributed by atoms with E-state index >= 15 is 0 Å². The lowest BCUT2D eigenvalue weighted by molar-refractivity contribution is -0.140. The highest BCUT2D eigenvalue weighted by molar-refractivity contribution is 7.92. The van der Waals surface area contributed by atoms with E-state index in [4.69, 9.17) is 23.2 Å². The number of carbonyl (C=O) groups is 2. The smallest absolute Gasteiger partial charge is 0.244 e. The average molecular weight is 546 g/mol. The molecule has 11 heteroatoms. The van der Waals surface area contributed by atoms with Gasteiger partial charge in [-0.25, -0.2) is 12.8 Å². The molecule has 0 aliphatic rings. The Kier molecular flexibility index (Phi) is 10.4. The molecule has 0 unspecified atom stereocenters. The number of hydrogen-bond donors (Lipinski definition) is 1. The van der Waals surface area contributed by atoms with Gasteiger partial charge >= 0.3 is 0 Å². The highest BCUT2D eigenvalue weighted by Gasteiger charge is 2.32. The lowest BCUT2D eigenvalue weighted by atomic mass is 10.1. The van der Waals surface area contributed by atoms with Crippen LogP contribution in [0.15, 0.2) is 42.5 Å². The van der Waals surface area contributed by atoms with Gasteiger partial charge in [-0.1, -0.05) is 50.0 Å². The predicted molar refractivity (Wildman–Crippen MR) is 138 cm³/mol. The number of amides is 2. The zero-order valence-electron chi connectivity index (χ0n) is 20.1. The maximum absolute atomic E-state index is 13.6. The molecule has 0 aliphatic carbocycles. The van der Waals surface area contributed by atoms with Gasteiger partial charge in [0.25, 0.3) is 0 Å². The summed E-state index contributed by atoms with van der Waals surface area (Å²) in [5, 5.41) is 3.46. The quantitative estimate of drug-likeness (QED) is 0.451. The normalized spacial score (nSPS) is 12.3. The molecule has 0 fully saturated rings. The molecule has 35 heavy (non-hydrogen) atoms. The van der Waals surface area contributed by atoms with E-state index in [9.17, 15) is 22.4 Å². The van der Waals surface area contributed by atoms with E-state index in [0.717, 1.165) is 22.7 Å². The highest BCUT2D eigenvalue weighted by atomic mass is 35.5. The molecule has 7 nitrogen and oxygen atoms in total. The first-order chi connectivity index (χ1) is 16.3. The molecule has 0 spiro atoms. The van der Waals surface area contributed by atoms with Crippen LogP contribution in [0.3, 0.4) is 0 Å². The van der Waals surface area contributed by atoms with Crippen molar-refractivity contribution in [3.05, 3.63) is 63.9 Å². The molecule has 1 N–H and O–H groups in total. The second-order valence-electron chi connectivity index (χ2n) is 8.53. The molecular formula is C24H30Cl2FN3O4S. The van der Waals surface area contributed by atoms with Crippen LogP contribution < -0.4 is 9.62 Å². The van der Waals surface area contributed by atoms with Gasteiger partial charge in [-0.05, 0) is 48.7 Å². The fraction of sp³-hybridized carbons (Fsp3) is 0.417. The van der Waals surface area contributed by atoms with Crippen LogP contribution in [0.5, 0.6) is 0 Å². The van der Waals surface area contributed by atoms with Gasteiger partial charge in [-0.3, -0.25) is 13.9 Å². The first-order valence-corrected chi connectivity index (χ1v) is 13.7. The van der Waals surface area contributed by atoms with Gasteiger partial charge in [-0.15, -0.1) is 0 Å². The number of nitrogens with zero attached hydrogens (tertiary/aromatic N) is 2. The third-order valence-corrected chi connectivity index (χ3v) is 7.10. The fourth-order valence-electron chi connectivity index (χ4n) is 3.42. The molecule has 2 rings (SSSR count). The minimum Gasteiger partial charge on any atom is -0.354 e. The Hall–Kier alpha value is -2.36. The molecule has 2 aromatic rings. The first kappa shape index (κ1) is 28.9. The van der Waals surface area contributed by atoms with E-state index in [-0.39, 0.29) is 30.5 Å². The van der Waals surface area contributed by atoms with E-state index in [2.05, 4.69) is 5.32 Å².